The summed E-state index contributed by atoms with van der Waals surface area (Å²) in [4.78, 5) is 7.65. The molecule has 0 aliphatic carbocycles. The lowest BCUT2D eigenvalue weighted by molar-refractivity contribution is 0.123. The van der Waals surface area contributed by atoms with Crippen molar-refractivity contribution in [1.29, 1.82) is 0 Å². The molecule has 1 saturated heterocycles. The third-order valence-corrected chi connectivity index (χ3v) is 5.74. The van der Waals surface area contributed by atoms with Crippen molar-refractivity contribution in [3.05, 3.63) is 29.8 Å². The number of para-hydroxylation sites is 1. The second kappa shape index (κ2) is 8.84. The molecule has 4 nitrogen and oxygen atoms in total. The van der Waals surface area contributed by atoms with Gasteiger partial charge in [-0.2, -0.15) is 0 Å². The number of piperidine rings is 1. The molecular formula is C20H33N3O. The predicted molar refractivity (Wildman–Crippen MR) is 101 cm³/mol. The van der Waals surface area contributed by atoms with Crippen molar-refractivity contribution in [3.8, 4) is 0 Å². The number of aliphatic hydroxyl groups is 1. The Morgan fingerprint density at radius 1 is 1.12 bits per heavy atom. The molecular weight excluding hydrogens is 298 g/mol. The van der Waals surface area contributed by atoms with Gasteiger partial charge in [0, 0.05) is 44.5 Å². The summed E-state index contributed by atoms with van der Waals surface area (Å²) in [6.07, 6.45) is 5.94. The van der Waals surface area contributed by atoms with Crippen molar-refractivity contribution >= 4 is 5.69 Å². The maximum Gasteiger partial charge on any atom is 0.0443 e. The molecule has 2 aliphatic heterocycles. The number of aryl methyl sites for hydroxylation is 1. The molecule has 0 unspecified atom stereocenters. The Morgan fingerprint density at radius 3 is 2.71 bits per heavy atom. The lowest BCUT2D eigenvalue weighted by Crippen LogP contribution is -2.46. The summed E-state index contributed by atoms with van der Waals surface area (Å²) >= 11 is 0. The van der Waals surface area contributed by atoms with E-state index in [1.165, 1.54) is 63.1 Å². The molecule has 1 fully saturated rings. The monoisotopic (exact) mass is 331 g/mol. The van der Waals surface area contributed by atoms with Crippen LogP contribution in [0.2, 0.25) is 0 Å². The molecule has 0 saturated carbocycles. The van der Waals surface area contributed by atoms with Gasteiger partial charge in [-0.15, -0.1) is 0 Å². The topological polar surface area (TPSA) is 30.0 Å². The molecule has 2 aliphatic rings. The molecule has 0 radical (unpaired) electrons. The van der Waals surface area contributed by atoms with E-state index in [0.29, 0.717) is 12.6 Å². The smallest absolute Gasteiger partial charge is 0.0443 e. The van der Waals surface area contributed by atoms with Gasteiger partial charge >= 0.3 is 0 Å². The molecule has 0 atom stereocenters. The number of fused-ring (bicyclic) bond motifs is 1. The van der Waals surface area contributed by atoms with Crippen LogP contribution in [0, 0.1) is 0 Å². The summed E-state index contributed by atoms with van der Waals surface area (Å²) in [6.45, 7) is 7.29. The second-order valence-corrected chi connectivity index (χ2v) is 7.35. The van der Waals surface area contributed by atoms with Crippen LogP contribution >= 0.6 is 0 Å². The van der Waals surface area contributed by atoms with Crippen molar-refractivity contribution in [2.75, 3.05) is 57.8 Å². The minimum absolute atomic E-state index is 0.306. The quantitative estimate of drug-likeness (QED) is 0.830. The summed E-state index contributed by atoms with van der Waals surface area (Å²) in [7, 11) is 2.21. The Labute approximate surface area is 147 Å². The van der Waals surface area contributed by atoms with Gasteiger partial charge in [0.2, 0.25) is 0 Å². The van der Waals surface area contributed by atoms with Gasteiger partial charge in [0.25, 0.3) is 0 Å². The van der Waals surface area contributed by atoms with Crippen LogP contribution in [0.3, 0.4) is 0 Å². The van der Waals surface area contributed by atoms with Gasteiger partial charge in [0.15, 0.2) is 0 Å². The molecule has 24 heavy (non-hydrogen) atoms. The first-order valence-corrected chi connectivity index (χ1v) is 9.64. The van der Waals surface area contributed by atoms with Crippen molar-refractivity contribution in [1.82, 2.24) is 9.80 Å². The summed E-state index contributed by atoms with van der Waals surface area (Å²) in [5.41, 5.74) is 2.98. The van der Waals surface area contributed by atoms with Gasteiger partial charge < -0.3 is 19.8 Å². The molecule has 3 rings (SSSR count). The average Bonchev–Trinajstić information content (AvgIpc) is 2.64. The standard InChI is InChI=1S/C20H33N3O/c1-21(11-5-17-24)19-9-13-22(14-10-19)15-16-23-12-4-7-18-6-2-3-8-20(18)23/h2-3,6,8,19,24H,4-5,7,9-17H2,1H3. The molecule has 1 aromatic carbocycles. The SMILES string of the molecule is CN(CCCO)C1CCN(CCN2CCCc3ccccc32)CC1. The summed E-state index contributed by atoms with van der Waals surface area (Å²) in [5.74, 6) is 0. The zero-order valence-corrected chi connectivity index (χ0v) is 15.2. The Morgan fingerprint density at radius 2 is 1.92 bits per heavy atom. The zero-order chi connectivity index (χ0) is 16.8. The van der Waals surface area contributed by atoms with Crippen LogP contribution in [-0.2, 0) is 6.42 Å². The highest BCUT2D eigenvalue weighted by atomic mass is 16.3. The first-order valence-electron chi connectivity index (χ1n) is 9.64. The number of aliphatic hydroxyl groups excluding tert-OH is 1. The van der Waals surface area contributed by atoms with Gasteiger partial charge in [-0.1, -0.05) is 18.2 Å². The van der Waals surface area contributed by atoms with E-state index < -0.39 is 0 Å². The van der Waals surface area contributed by atoms with E-state index in [2.05, 4.69) is 46.0 Å². The molecule has 4 heteroatoms. The van der Waals surface area contributed by atoms with Crippen molar-refractivity contribution < 1.29 is 5.11 Å². The van der Waals surface area contributed by atoms with E-state index in [4.69, 9.17) is 5.11 Å². The minimum atomic E-state index is 0.306. The number of anilines is 1. The van der Waals surface area contributed by atoms with Crippen molar-refractivity contribution in [3.63, 3.8) is 0 Å². The van der Waals surface area contributed by atoms with E-state index in [0.717, 1.165) is 19.5 Å². The number of nitrogens with zero attached hydrogens (tertiary/aromatic N) is 3. The normalized spacial score (nSPS) is 19.7. The maximum absolute atomic E-state index is 8.98. The van der Waals surface area contributed by atoms with Gasteiger partial charge in [0.1, 0.15) is 0 Å². The average molecular weight is 332 g/mol. The molecule has 0 amide bonds. The molecule has 0 spiro atoms. The molecule has 1 N–H and O–H groups in total. The molecule has 0 aromatic heterocycles. The van der Waals surface area contributed by atoms with Crippen molar-refractivity contribution in [2.45, 2.75) is 38.1 Å². The fourth-order valence-corrected chi connectivity index (χ4v) is 4.19. The van der Waals surface area contributed by atoms with Gasteiger partial charge in [-0.05, 0) is 63.9 Å². The predicted octanol–water partition coefficient (Wildman–Crippen LogP) is 2.22. The second-order valence-electron chi connectivity index (χ2n) is 7.35. The highest BCUT2D eigenvalue weighted by Gasteiger charge is 2.23. The Hall–Kier alpha value is -1.10. The van der Waals surface area contributed by atoms with E-state index >= 15 is 0 Å². The zero-order valence-electron chi connectivity index (χ0n) is 15.2. The first-order chi connectivity index (χ1) is 11.8. The number of hydrogen-bond acceptors (Lipinski definition) is 4. The van der Waals surface area contributed by atoms with E-state index in [1.807, 2.05) is 0 Å². The van der Waals surface area contributed by atoms with Gasteiger partial charge in [0.05, 0.1) is 0 Å². The molecule has 0 bridgehead atoms. The summed E-state index contributed by atoms with van der Waals surface area (Å²) in [6, 6.07) is 9.61. The highest BCUT2D eigenvalue weighted by Crippen LogP contribution is 2.26. The highest BCUT2D eigenvalue weighted by molar-refractivity contribution is 5.55. The molecule has 2 heterocycles. The number of benzene rings is 1. The van der Waals surface area contributed by atoms with Crippen LogP contribution in [0.25, 0.3) is 0 Å². The first kappa shape index (κ1) is 17.7. The fraction of sp³-hybridized carbons (Fsp3) is 0.700. The van der Waals surface area contributed by atoms with Crippen LogP contribution in [0.4, 0.5) is 5.69 Å². The van der Waals surface area contributed by atoms with Crippen LogP contribution in [-0.4, -0.2) is 73.9 Å². The molecule has 1 aromatic rings. The molecule has 134 valence electrons. The number of hydrogen-bond donors (Lipinski definition) is 1. The number of rotatable bonds is 7. The largest absolute Gasteiger partial charge is 0.396 e. The Kier molecular flexibility index (Phi) is 6.52. The van der Waals surface area contributed by atoms with Crippen LogP contribution in [0.15, 0.2) is 24.3 Å². The Bertz CT molecular complexity index is 499. The van der Waals surface area contributed by atoms with Crippen LogP contribution in [0.5, 0.6) is 0 Å². The maximum atomic E-state index is 8.98. The lowest BCUT2D eigenvalue weighted by atomic mass is 10.0. The van der Waals surface area contributed by atoms with Gasteiger partial charge in [-0.25, -0.2) is 0 Å². The minimum Gasteiger partial charge on any atom is -0.396 e. The van der Waals surface area contributed by atoms with Crippen LogP contribution in [0.1, 0.15) is 31.2 Å². The number of likely N-dealkylation sites (tertiary alicyclic amines) is 1. The third kappa shape index (κ3) is 4.50. The van der Waals surface area contributed by atoms with E-state index in [1.54, 1.807) is 0 Å². The lowest BCUT2D eigenvalue weighted by Gasteiger charge is -2.38. The van der Waals surface area contributed by atoms with Gasteiger partial charge in [-0.3, -0.25) is 0 Å². The van der Waals surface area contributed by atoms with E-state index in [-0.39, 0.29) is 0 Å². The van der Waals surface area contributed by atoms with E-state index in [9.17, 15) is 0 Å². The summed E-state index contributed by atoms with van der Waals surface area (Å²) in [5, 5.41) is 8.98. The third-order valence-electron chi connectivity index (χ3n) is 5.74. The summed E-state index contributed by atoms with van der Waals surface area (Å²) < 4.78 is 0. The fourth-order valence-electron chi connectivity index (χ4n) is 4.19. The van der Waals surface area contributed by atoms with Crippen LogP contribution < -0.4 is 4.90 Å². The Balaban J connectivity index is 1.43. The van der Waals surface area contributed by atoms with Crippen molar-refractivity contribution in [2.24, 2.45) is 0 Å².